The van der Waals surface area contributed by atoms with Crippen molar-refractivity contribution < 1.29 is 27.5 Å². The molecular weight excluding hydrogens is 494 g/mol. The highest BCUT2D eigenvalue weighted by Crippen LogP contribution is 2.34. The number of benzene rings is 2. The summed E-state index contributed by atoms with van der Waals surface area (Å²) in [6, 6.07) is 12.8. The number of rotatable bonds is 7. The molecular formula is C27H31N3O6S. The lowest BCUT2D eigenvalue weighted by Crippen LogP contribution is -2.52. The maximum Gasteiger partial charge on any atom is 0.255 e. The number of piperidine rings is 2. The Hall–Kier alpha value is -3.24. The SMILES string of the molecule is CS(=O)(=O)C1CCN(Cc2ccc(COc3cccc4c3CN([C@H]3CCC(=O)NC3=O)C4=O)cc2)CC1. The number of ether oxygens (including phenoxy) is 1. The number of nitrogens with one attached hydrogen (secondary N) is 1. The Morgan fingerprint density at radius 1 is 0.973 bits per heavy atom. The molecule has 1 atom stereocenters. The van der Waals surface area contributed by atoms with Gasteiger partial charge in [0.05, 0.1) is 11.8 Å². The standard InChI is InChI=1S/C27H31N3O6S/c1-37(34,35)20-11-13-29(14-12-20)15-18-5-7-19(8-6-18)17-36-24-4-2-3-21-22(24)16-30(27(21)33)23-9-10-25(31)28-26(23)32/h2-8,20,23H,9-17H2,1H3,(H,28,31,32)/t23-/m0/s1. The predicted octanol–water partition coefficient (Wildman–Crippen LogP) is 2.04. The van der Waals surface area contributed by atoms with Crippen LogP contribution in [-0.4, -0.2) is 66.6 Å². The lowest BCUT2D eigenvalue weighted by molar-refractivity contribution is -0.136. The smallest absolute Gasteiger partial charge is 0.255 e. The number of fused-ring (bicyclic) bond motifs is 1. The molecule has 2 aromatic carbocycles. The molecule has 0 spiro atoms. The van der Waals surface area contributed by atoms with Crippen molar-refractivity contribution in [1.82, 2.24) is 15.1 Å². The van der Waals surface area contributed by atoms with E-state index in [0.29, 0.717) is 37.2 Å². The molecule has 0 unspecified atom stereocenters. The Kier molecular flexibility index (Phi) is 7.04. The molecule has 2 saturated heterocycles. The normalized spacial score (nSPS) is 21.2. The summed E-state index contributed by atoms with van der Waals surface area (Å²) in [5, 5.41) is 2.09. The average Bonchev–Trinajstić information content (AvgIpc) is 3.20. The molecule has 37 heavy (non-hydrogen) atoms. The highest BCUT2D eigenvalue weighted by Gasteiger charge is 2.40. The van der Waals surface area contributed by atoms with E-state index in [1.165, 1.54) is 11.2 Å². The monoisotopic (exact) mass is 525 g/mol. The number of hydrogen-bond acceptors (Lipinski definition) is 7. The first-order valence-corrected chi connectivity index (χ1v) is 14.5. The van der Waals surface area contributed by atoms with Crippen molar-refractivity contribution in [2.45, 2.75) is 56.7 Å². The molecule has 0 aliphatic carbocycles. The summed E-state index contributed by atoms with van der Waals surface area (Å²) in [7, 11) is -2.97. The molecule has 0 aromatic heterocycles. The molecule has 1 N–H and O–H groups in total. The third-order valence-corrected chi connectivity index (χ3v) is 9.19. The molecule has 3 heterocycles. The van der Waals surface area contributed by atoms with E-state index in [4.69, 9.17) is 4.74 Å². The van der Waals surface area contributed by atoms with Gasteiger partial charge in [-0.2, -0.15) is 0 Å². The highest BCUT2D eigenvalue weighted by molar-refractivity contribution is 7.91. The van der Waals surface area contributed by atoms with Gasteiger partial charge in [-0.05, 0) is 55.6 Å². The fourth-order valence-corrected chi connectivity index (χ4v) is 6.42. The Bertz CT molecular complexity index is 1320. The summed E-state index contributed by atoms with van der Waals surface area (Å²) in [6.07, 6.45) is 3.22. The summed E-state index contributed by atoms with van der Waals surface area (Å²) < 4.78 is 29.6. The van der Waals surface area contributed by atoms with Crippen LogP contribution in [0.3, 0.4) is 0 Å². The van der Waals surface area contributed by atoms with Gasteiger partial charge < -0.3 is 9.64 Å². The largest absolute Gasteiger partial charge is 0.489 e. The quantitative estimate of drug-likeness (QED) is 0.551. The topological polar surface area (TPSA) is 113 Å². The first-order valence-electron chi connectivity index (χ1n) is 12.6. The van der Waals surface area contributed by atoms with Crippen LogP contribution in [0, 0.1) is 0 Å². The molecule has 3 aliphatic heterocycles. The molecule has 10 heteroatoms. The summed E-state index contributed by atoms with van der Waals surface area (Å²) in [4.78, 5) is 40.6. The van der Waals surface area contributed by atoms with E-state index in [9.17, 15) is 22.8 Å². The van der Waals surface area contributed by atoms with Crippen LogP contribution in [0.25, 0.3) is 0 Å². The van der Waals surface area contributed by atoms with Gasteiger partial charge in [0, 0.05) is 30.3 Å². The lowest BCUT2D eigenvalue weighted by atomic mass is 10.0. The van der Waals surface area contributed by atoms with Gasteiger partial charge in [0.1, 0.15) is 28.2 Å². The molecule has 196 valence electrons. The van der Waals surface area contributed by atoms with E-state index in [1.807, 2.05) is 18.2 Å². The van der Waals surface area contributed by atoms with Crippen LogP contribution >= 0.6 is 0 Å². The third-order valence-electron chi connectivity index (χ3n) is 7.50. The zero-order valence-corrected chi connectivity index (χ0v) is 21.6. The van der Waals surface area contributed by atoms with Crippen molar-refractivity contribution >= 4 is 27.6 Å². The summed E-state index contributed by atoms with van der Waals surface area (Å²) >= 11 is 0. The molecule has 0 radical (unpaired) electrons. The third kappa shape index (κ3) is 5.55. The van der Waals surface area contributed by atoms with Crippen molar-refractivity contribution in [3.8, 4) is 5.75 Å². The number of likely N-dealkylation sites (tertiary alicyclic amines) is 1. The molecule has 0 bridgehead atoms. The van der Waals surface area contributed by atoms with Crippen LogP contribution in [0.2, 0.25) is 0 Å². The van der Waals surface area contributed by atoms with Gasteiger partial charge >= 0.3 is 0 Å². The molecule has 2 aromatic rings. The first kappa shape index (κ1) is 25.4. The second-order valence-corrected chi connectivity index (χ2v) is 12.4. The number of imide groups is 1. The fourth-order valence-electron chi connectivity index (χ4n) is 5.35. The van der Waals surface area contributed by atoms with Gasteiger partial charge in [0.15, 0.2) is 0 Å². The van der Waals surface area contributed by atoms with Crippen LogP contribution in [0.4, 0.5) is 0 Å². The predicted molar refractivity (Wildman–Crippen MR) is 136 cm³/mol. The Morgan fingerprint density at radius 3 is 2.35 bits per heavy atom. The molecule has 2 fully saturated rings. The minimum atomic E-state index is -2.97. The van der Waals surface area contributed by atoms with Gasteiger partial charge in [0.25, 0.3) is 5.91 Å². The second-order valence-electron chi connectivity index (χ2n) is 10.1. The van der Waals surface area contributed by atoms with Crippen molar-refractivity contribution in [3.05, 3.63) is 64.7 Å². The Balaban J connectivity index is 1.18. The van der Waals surface area contributed by atoms with E-state index in [0.717, 1.165) is 36.3 Å². The molecule has 3 aliphatic rings. The van der Waals surface area contributed by atoms with E-state index >= 15 is 0 Å². The maximum absolute atomic E-state index is 13.0. The Morgan fingerprint density at radius 2 is 1.68 bits per heavy atom. The maximum atomic E-state index is 13.0. The van der Waals surface area contributed by atoms with Gasteiger partial charge in [0.2, 0.25) is 11.8 Å². The summed E-state index contributed by atoms with van der Waals surface area (Å²) in [5.41, 5.74) is 3.43. The van der Waals surface area contributed by atoms with Gasteiger partial charge in [-0.25, -0.2) is 8.42 Å². The van der Waals surface area contributed by atoms with Crippen molar-refractivity contribution in [2.75, 3.05) is 19.3 Å². The average molecular weight is 526 g/mol. The van der Waals surface area contributed by atoms with E-state index in [2.05, 4.69) is 22.3 Å². The minimum absolute atomic E-state index is 0.217. The number of carbonyl (C=O) groups excluding carboxylic acids is 3. The van der Waals surface area contributed by atoms with Gasteiger partial charge in [-0.3, -0.25) is 24.6 Å². The van der Waals surface area contributed by atoms with Crippen molar-refractivity contribution in [1.29, 1.82) is 0 Å². The van der Waals surface area contributed by atoms with Crippen LogP contribution in [0.5, 0.6) is 5.75 Å². The first-order chi connectivity index (χ1) is 17.7. The highest BCUT2D eigenvalue weighted by atomic mass is 32.2. The zero-order valence-electron chi connectivity index (χ0n) is 20.8. The van der Waals surface area contributed by atoms with E-state index in [1.54, 1.807) is 12.1 Å². The molecule has 5 rings (SSSR count). The van der Waals surface area contributed by atoms with Crippen molar-refractivity contribution in [2.24, 2.45) is 0 Å². The van der Waals surface area contributed by atoms with Crippen LogP contribution < -0.4 is 10.1 Å². The van der Waals surface area contributed by atoms with Gasteiger partial charge in [-0.15, -0.1) is 0 Å². The summed E-state index contributed by atoms with van der Waals surface area (Å²) in [5.74, 6) is -0.352. The van der Waals surface area contributed by atoms with Crippen LogP contribution in [0.1, 0.15) is 52.7 Å². The minimum Gasteiger partial charge on any atom is -0.489 e. The van der Waals surface area contributed by atoms with E-state index in [-0.39, 0.29) is 30.0 Å². The van der Waals surface area contributed by atoms with Crippen LogP contribution in [-0.2, 0) is 39.1 Å². The molecule has 9 nitrogen and oxygen atoms in total. The van der Waals surface area contributed by atoms with E-state index < -0.39 is 21.8 Å². The lowest BCUT2D eigenvalue weighted by Gasteiger charge is -2.31. The molecule has 3 amide bonds. The van der Waals surface area contributed by atoms with Crippen LogP contribution in [0.15, 0.2) is 42.5 Å². The number of carbonyl (C=O) groups is 3. The fraction of sp³-hybridized carbons (Fsp3) is 0.444. The van der Waals surface area contributed by atoms with Gasteiger partial charge in [-0.1, -0.05) is 30.3 Å². The summed E-state index contributed by atoms with van der Waals surface area (Å²) in [6.45, 7) is 2.93. The zero-order chi connectivity index (χ0) is 26.2. The second kappa shape index (κ2) is 10.3. The number of sulfone groups is 1. The van der Waals surface area contributed by atoms with Crippen molar-refractivity contribution in [3.63, 3.8) is 0 Å². The number of nitrogens with zero attached hydrogens (tertiary/aromatic N) is 2. The molecule has 0 saturated carbocycles. The Labute approximate surface area is 216 Å². The number of amides is 3. The number of hydrogen-bond donors (Lipinski definition) is 1.